The Morgan fingerprint density at radius 2 is 2.00 bits per heavy atom. The van der Waals surface area contributed by atoms with Gasteiger partial charge in [-0.2, -0.15) is 5.10 Å². The molecule has 0 aliphatic rings. The van der Waals surface area contributed by atoms with E-state index in [1.807, 2.05) is 32.4 Å². The van der Waals surface area contributed by atoms with Gasteiger partial charge in [0.15, 0.2) is 0 Å². The Kier molecular flexibility index (Phi) is 5.82. The van der Waals surface area contributed by atoms with Gasteiger partial charge >= 0.3 is 0 Å². The van der Waals surface area contributed by atoms with Gasteiger partial charge in [0.25, 0.3) is 0 Å². The smallest absolute Gasteiger partial charge is 0.126 e. The van der Waals surface area contributed by atoms with Gasteiger partial charge in [-0.25, -0.2) is 0 Å². The van der Waals surface area contributed by atoms with E-state index in [-0.39, 0.29) is 0 Å². The van der Waals surface area contributed by atoms with Crippen molar-refractivity contribution in [1.82, 2.24) is 9.78 Å². The fraction of sp³-hybridized carbons (Fsp3) is 0.769. The predicted octanol–water partition coefficient (Wildman–Crippen LogP) is 3.29. The molecule has 18 heavy (non-hydrogen) atoms. The summed E-state index contributed by atoms with van der Waals surface area (Å²) in [6.07, 6.45) is 2.58. The van der Waals surface area contributed by atoms with Crippen LogP contribution in [0, 0.1) is 0 Å². The van der Waals surface area contributed by atoms with Crippen molar-refractivity contribution < 1.29 is 9.84 Å². The normalized spacial score (nSPS) is 13.9. The van der Waals surface area contributed by atoms with E-state index < -0.39 is 11.7 Å². The van der Waals surface area contributed by atoms with E-state index in [4.69, 9.17) is 4.74 Å². The lowest BCUT2D eigenvalue weighted by molar-refractivity contribution is -0.130. The van der Waals surface area contributed by atoms with Crippen LogP contribution in [0.15, 0.2) is 10.7 Å². The summed E-state index contributed by atoms with van der Waals surface area (Å²) in [6, 6.07) is 0. The second-order valence-corrected chi connectivity index (χ2v) is 5.16. The minimum absolute atomic E-state index is 0.537. The fourth-order valence-corrected chi connectivity index (χ4v) is 2.87. The molecule has 0 spiro atoms. The second kappa shape index (κ2) is 6.68. The highest BCUT2D eigenvalue weighted by atomic mass is 79.9. The molecule has 1 N–H and O–H groups in total. The van der Waals surface area contributed by atoms with Crippen LogP contribution in [0.3, 0.4) is 0 Å². The standard InChI is InChI=1S/C13H23BrN2O2/c1-5-13(6-2,18-8-4)12(17)11-10(14)9-15-16(11)7-3/h9,12,17H,5-8H2,1-4H3. The van der Waals surface area contributed by atoms with Crippen LogP contribution in [0.5, 0.6) is 0 Å². The number of hydrogen-bond acceptors (Lipinski definition) is 3. The molecule has 0 radical (unpaired) electrons. The lowest BCUT2D eigenvalue weighted by Gasteiger charge is -2.36. The number of rotatable bonds is 7. The van der Waals surface area contributed by atoms with Gasteiger partial charge in [-0.05, 0) is 42.6 Å². The highest BCUT2D eigenvalue weighted by Gasteiger charge is 2.39. The number of ether oxygens (including phenoxy) is 1. The molecule has 1 unspecified atom stereocenters. The van der Waals surface area contributed by atoms with E-state index in [0.717, 1.165) is 29.6 Å². The first kappa shape index (κ1) is 15.7. The molecule has 0 amide bonds. The first-order valence-corrected chi connectivity index (χ1v) is 7.38. The summed E-state index contributed by atoms with van der Waals surface area (Å²) in [5, 5.41) is 15.0. The Morgan fingerprint density at radius 1 is 1.39 bits per heavy atom. The molecule has 0 saturated carbocycles. The molecule has 0 bridgehead atoms. The molecule has 0 aromatic carbocycles. The van der Waals surface area contributed by atoms with Crippen LogP contribution in [0.4, 0.5) is 0 Å². The van der Waals surface area contributed by atoms with E-state index in [2.05, 4.69) is 21.0 Å². The Labute approximate surface area is 117 Å². The molecular weight excluding hydrogens is 296 g/mol. The summed E-state index contributed by atoms with van der Waals surface area (Å²) in [6.45, 7) is 9.38. The Morgan fingerprint density at radius 3 is 2.44 bits per heavy atom. The van der Waals surface area contributed by atoms with Crippen LogP contribution in [0.2, 0.25) is 0 Å². The Bertz CT molecular complexity index is 375. The largest absolute Gasteiger partial charge is 0.384 e. The van der Waals surface area contributed by atoms with Gasteiger partial charge in [-0.3, -0.25) is 4.68 Å². The highest BCUT2D eigenvalue weighted by molar-refractivity contribution is 9.10. The lowest BCUT2D eigenvalue weighted by Crippen LogP contribution is -2.39. The average molecular weight is 319 g/mol. The summed E-state index contributed by atoms with van der Waals surface area (Å²) in [4.78, 5) is 0. The molecule has 0 aliphatic carbocycles. The molecule has 104 valence electrons. The maximum Gasteiger partial charge on any atom is 0.126 e. The van der Waals surface area contributed by atoms with Gasteiger partial charge in [0, 0.05) is 13.2 Å². The monoisotopic (exact) mass is 318 g/mol. The molecule has 1 aromatic heterocycles. The number of halogens is 1. The fourth-order valence-electron chi connectivity index (χ4n) is 2.35. The van der Waals surface area contributed by atoms with Gasteiger partial charge in [0.2, 0.25) is 0 Å². The molecule has 1 rings (SSSR count). The molecule has 0 aliphatic heterocycles. The predicted molar refractivity (Wildman–Crippen MR) is 75.5 cm³/mol. The number of aryl methyl sites for hydroxylation is 1. The first-order chi connectivity index (χ1) is 8.56. The summed E-state index contributed by atoms with van der Waals surface area (Å²) in [7, 11) is 0. The zero-order valence-corrected chi connectivity index (χ0v) is 13.2. The van der Waals surface area contributed by atoms with E-state index in [0.29, 0.717) is 6.61 Å². The number of aromatic nitrogens is 2. The molecule has 0 saturated heterocycles. The van der Waals surface area contributed by atoms with Crippen molar-refractivity contribution in [3.63, 3.8) is 0 Å². The van der Waals surface area contributed by atoms with Crippen molar-refractivity contribution in [2.24, 2.45) is 0 Å². The van der Waals surface area contributed by atoms with Gasteiger partial charge in [0.05, 0.1) is 22.0 Å². The second-order valence-electron chi connectivity index (χ2n) is 4.30. The van der Waals surface area contributed by atoms with Crippen LogP contribution < -0.4 is 0 Å². The van der Waals surface area contributed by atoms with Crippen LogP contribution in [-0.4, -0.2) is 27.1 Å². The van der Waals surface area contributed by atoms with Crippen molar-refractivity contribution in [2.75, 3.05) is 6.61 Å². The molecule has 5 heteroatoms. The summed E-state index contributed by atoms with van der Waals surface area (Å²) >= 11 is 3.46. The van der Waals surface area contributed by atoms with Crippen LogP contribution in [0.25, 0.3) is 0 Å². The third-order valence-electron chi connectivity index (χ3n) is 3.52. The van der Waals surface area contributed by atoms with E-state index in [1.54, 1.807) is 6.20 Å². The van der Waals surface area contributed by atoms with Crippen LogP contribution >= 0.6 is 15.9 Å². The van der Waals surface area contributed by atoms with Crippen molar-refractivity contribution in [1.29, 1.82) is 0 Å². The van der Waals surface area contributed by atoms with Crippen molar-refractivity contribution in [2.45, 2.75) is 58.8 Å². The molecule has 1 heterocycles. The lowest BCUT2D eigenvalue weighted by atomic mass is 9.88. The third kappa shape index (κ3) is 2.78. The minimum Gasteiger partial charge on any atom is -0.384 e. The summed E-state index contributed by atoms with van der Waals surface area (Å²) in [5.41, 5.74) is 0.263. The third-order valence-corrected chi connectivity index (χ3v) is 4.13. The maximum absolute atomic E-state index is 10.7. The van der Waals surface area contributed by atoms with E-state index in [1.165, 1.54) is 0 Å². The minimum atomic E-state index is -0.677. The molecular formula is C13H23BrN2O2. The topological polar surface area (TPSA) is 47.3 Å². The zero-order chi connectivity index (χ0) is 13.8. The quantitative estimate of drug-likeness (QED) is 0.839. The molecule has 4 nitrogen and oxygen atoms in total. The van der Waals surface area contributed by atoms with Crippen molar-refractivity contribution in [3.05, 3.63) is 16.4 Å². The van der Waals surface area contributed by atoms with Gasteiger partial charge < -0.3 is 9.84 Å². The highest BCUT2D eigenvalue weighted by Crippen LogP contribution is 2.38. The van der Waals surface area contributed by atoms with Gasteiger partial charge in [-0.1, -0.05) is 13.8 Å². The Balaban J connectivity index is 3.16. The van der Waals surface area contributed by atoms with Crippen LogP contribution in [0.1, 0.15) is 52.3 Å². The van der Waals surface area contributed by atoms with Crippen LogP contribution in [-0.2, 0) is 11.3 Å². The number of hydrogen-bond donors (Lipinski definition) is 1. The summed E-state index contributed by atoms with van der Waals surface area (Å²) in [5.74, 6) is 0. The average Bonchev–Trinajstić information content (AvgIpc) is 2.76. The Hall–Kier alpha value is -0.390. The molecule has 0 fully saturated rings. The summed E-state index contributed by atoms with van der Waals surface area (Å²) < 4.78 is 8.51. The number of aliphatic hydroxyl groups is 1. The van der Waals surface area contributed by atoms with Crippen molar-refractivity contribution >= 4 is 15.9 Å². The number of nitrogens with zero attached hydrogens (tertiary/aromatic N) is 2. The molecule has 1 aromatic rings. The van der Waals surface area contributed by atoms with Gasteiger partial charge in [0.1, 0.15) is 6.10 Å². The van der Waals surface area contributed by atoms with Gasteiger partial charge in [-0.15, -0.1) is 0 Å². The zero-order valence-electron chi connectivity index (χ0n) is 11.6. The maximum atomic E-state index is 10.7. The number of aliphatic hydroxyl groups excluding tert-OH is 1. The van der Waals surface area contributed by atoms with E-state index in [9.17, 15) is 5.11 Å². The molecule has 1 atom stereocenters. The SMILES string of the molecule is CCOC(CC)(CC)C(O)c1c(Br)cnn1CC. The first-order valence-electron chi connectivity index (χ1n) is 6.59. The van der Waals surface area contributed by atoms with E-state index >= 15 is 0 Å². The van der Waals surface area contributed by atoms with Crippen molar-refractivity contribution in [3.8, 4) is 0 Å².